The van der Waals surface area contributed by atoms with Crippen molar-refractivity contribution in [1.82, 2.24) is 9.55 Å². The second kappa shape index (κ2) is 8.36. The average Bonchev–Trinajstić information content (AvgIpc) is 3.01. The Kier molecular flexibility index (Phi) is 6.06. The van der Waals surface area contributed by atoms with Crippen LogP contribution in [0.5, 0.6) is 5.75 Å². The molecular weight excluding hydrogens is 420 g/mol. The number of nitro benzene ring substituents is 1. The van der Waals surface area contributed by atoms with Crippen LogP contribution in [0.15, 0.2) is 41.3 Å². The van der Waals surface area contributed by atoms with Crippen LogP contribution in [0.3, 0.4) is 0 Å². The standard InChI is InChI=1S/C18H19ClN4O5S/c1-2-3-8-22-15-6-5-13(29(20,26)27)10-14(15)21-18(22)11-28-17-7-4-12(19)9-16(17)23(24)25/h4-7,9-10H,2-3,8,11H2,1H3,(H2,20,26,27). The minimum absolute atomic E-state index is 0.0361. The van der Waals surface area contributed by atoms with Crippen molar-refractivity contribution >= 4 is 38.3 Å². The van der Waals surface area contributed by atoms with Crippen LogP contribution in [0.4, 0.5) is 5.69 Å². The van der Waals surface area contributed by atoms with Gasteiger partial charge in [-0.05, 0) is 36.8 Å². The van der Waals surface area contributed by atoms with Gasteiger partial charge in [0, 0.05) is 17.6 Å². The summed E-state index contributed by atoms with van der Waals surface area (Å²) >= 11 is 5.83. The second-order valence-electron chi connectivity index (χ2n) is 6.39. The van der Waals surface area contributed by atoms with E-state index in [1.54, 1.807) is 6.07 Å². The summed E-state index contributed by atoms with van der Waals surface area (Å²) in [5.74, 6) is 0.586. The van der Waals surface area contributed by atoms with Gasteiger partial charge in [0.1, 0.15) is 12.4 Å². The van der Waals surface area contributed by atoms with E-state index in [4.69, 9.17) is 21.5 Å². The molecule has 0 aliphatic carbocycles. The summed E-state index contributed by atoms with van der Waals surface area (Å²) in [6, 6.07) is 8.63. The van der Waals surface area contributed by atoms with Crippen LogP contribution < -0.4 is 9.88 Å². The third-order valence-corrected chi connectivity index (χ3v) is 5.48. The molecular formula is C18H19ClN4O5S. The van der Waals surface area contributed by atoms with Gasteiger partial charge in [0.05, 0.1) is 20.9 Å². The van der Waals surface area contributed by atoms with Gasteiger partial charge in [-0.25, -0.2) is 18.5 Å². The lowest BCUT2D eigenvalue weighted by Gasteiger charge is -2.10. The molecule has 0 bridgehead atoms. The number of nitrogens with zero attached hydrogens (tertiary/aromatic N) is 3. The van der Waals surface area contributed by atoms with Gasteiger partial charge in [-0.3, -0.25) is 10.1 Å². The number of benzene rings is 2. The number of imidazole rings is 1. The largest absolute Gasteiger partial charge is 0.479 e. The Labute approximate surface area is 172 Å². The molecule has 0 aliphatic rings. The van der Waals surface area contributed by atoms with Crippen LogP contribution in [-0.4, -0.2) is 22.9 Å². The summed E-state index contributed by atoms with van der Waals surface area (Å²) in [5, 5.41) is 16.7. The Morgan fingerprint density at radius 1 is 1.28 bits per heavy atom. The van der Waals surface area contributed by atoms with Gasteiger partial charge in [0.15, 0.2) is 5.75 Å². The summed E-state index contributed by atoms with van der Waals surface area (Å²) in [6.07, 6.45) is 1.81. The molecule has 3 rings (SSSR count). The zero-order valence-corrected chi connectivity index (χ0v) is 17.1. The van der Waals surface area contributed by atoms with Crippen LogP contribution in [0, 0.1) is 10.1 Å². The van der Waals surface area contributed by atoms with Crippen molar-refractivity contribution in [3.8, 4) is 5.75 Å². The van der Waals surface area contributed by atoms with Gasteiger partial charge in [-0.1, -0.05) is 24.9 Å². The topological polar surface area (TPSA) is 130 Å². The van der Waals surface area contributed by atoms with Crippen molar-refractivity contribution in [2.75, 3.05) is 0 Å². The Balaban J connectivity index is 1.99. The number of nitro groups is 1. The Hall–Kier alpha value is -2.69. The van der Waals surface area contributed by atoms with E-state index in [2.05, 4.69) is 4.98 Å². The van der Waals surface area contributed by atoms with Crippen molar-refractivity contribution < 1.29 is 18.1 Å². The van der Waals surface area contributed by atoms with E-state index in [1.165, 1.54) is 30.3 Å². The highest BCUT2D eigenvalue weighted by Gasteiger charge is 2.19. The van der Waals surface area contributed by atoms with Gasteiger partial charge in [-0.2, -0.15) is 0 Å². The molecule has 3 aromatic rings. The quantitative estimate of drug-likeness (QED) is 0.422. The first kappa shape index (κ1) is 21.0. The number of fused-ring (bicyclic) bond motifs is 1. The lowest BCUT2D eigenvalue weighted by atomic mass is 10.3. The second-order valence-corrected chi connectivity index (χ2v) is 8.38. The van der Waals surface area contributed by atoms with Crippen molar-refractivity contribution in [1.29, 1.82) is 0 Å². The number of halogens is 1. The molecule has 0 aliphatic heterocycles. The van der Waals surface area contributed by atoms with E-state index in [-0.39, 0.29) is 28.0 Å². The molecule has 29 heavy (non-hydrogen) atoms. The van der Waals surface area contributed by atoms with Crippen LogP contribution in [-0.2, 0) is 23.2 Å². The van der Waals surface area contributed by atoms with E-state index >= 15 is 0 Å². The van der Waals surface area contributed by atoms with Gasteiger partial charge in [0.2, 0.25) is 10.0 Å². The highest BCUT2D eigenvalue weighted by Crippen LogP contribution is 2.31. The number of unbranched alkanes of at least 4 members (excludes halogenated alkanes) is 1. The fraction of sp³-hybridized carbons (Fsp3) is 0.278. The first-order valence-corrected chi connectivity index (χ1v) is 10.7. The maximum Gasteiger partial charge on any atom is 0.312 e. The van der Waals surface area contributed by atoms with Gasteiger partial charge < -0.3 is 9.30 Å². The lowest BCUT2D eigenvalue weighted by Crippen LogP contribution is -2.11. The third kappa shape index (κ3) is 4.66. The molecule has 2 N–H and O–H groups in total. The van der Waals surface area contributed by atoms with Crippen LogP contribution in [0.25, 0.3) is 11.0 Å². The van der Waals surface area contributed by atoms with E-state index < -0.39 is 14.9 Å². The Morgan fingerprint density at radius 2 is 2.03 bits per heavy atom. The van der Waals surface area contributed by atoms with E-state index in [0.717, 1.165) is 18.4 Å². The van der Waals surface area contributed by atoms with Gasteiger partial charge in [0.25, 0.3) is 0 Å². The third-order valence-electron chi connectivity index (χ3n) is 4.34. The molecule has 1 aromatic heterocycles. The summed E-state index contributed by atoms with van der Waals surface area (Å²) in [7, 11) is -3.86. The van der Waals surface area contributed by atoms with Crippen molar-refractivity contribution in [2.24, 2.45) is 5.14 Å². The first-order valence-electron chi connectivity index (χ1n) is 8.79. The number of nitrogens with two attached hydrogens (primary N) is 1. The van der Waals surface area contributed by atoms with E-state index in [1.807, 2.05) is 11.5 Å². The SMILES string of the molecule is CCCCn1c(COc2ccc(Cl)cc2[N+](=O)[O-])nc2cc(S(N)(=O)=O)ccc21. The summed E-state index contributed by atoms with van der Waals surface area (Å²) in [5.41, 5.74) is 0.942. The fourth-order valence-corrected chi connectivity index (χ4v) is 3.61. The summed E-state index contributed by atoms with van der Waals surface area (Å²) in [4.78, 5) is 15.1. The number of ether oxygens (including phenoxy) is 1. The maximum atomic E-state index is 11.6. The minimum Gasteiger partial charge on any atom is -0.479 e. The maximum absolute atomic E-state index is 11.6. The van der Waals surface area contributed by atoms with Crippen LogP contribution in [0.2, 0.25) is 5.02 Å². The molecule has 2 aromatic carbocycles. The number of aryl methyl sites for hydroxylation is 1. The number of sulfonamides is 1. The summed E-state index contributed by atoms with van der Waals surface area (Å²) in [6.45, 7) is 2.65. The molecule has 154 valence electrons. The fourth-order valence-electron chi connectivity index (χ4n) is 2.91. The summed E-state index contributed by atoms with van der Waals surface area (Å²) < 4.78 is 30.8. The number of hydrogen-bond acceptors (Lipinski definition) is 6. The van der Waals surface area contributed by atoms with Crippen molar-refractivity contribution in [3.63, 3.8) is 0 Å². The molecule has 1 heterocycles. The Morgan fingerprint density at radius 3 is 2.69 bits per heavy atom. The zero-order valence-electron chi connectivity index (χ0n) is 15.5. The number of hydrogen-bond donors (Lipinski definition) is 1. The number of primary sulfonamides is 1. The minimum atomic E-state index is -3.86. The van der Waals surface area contributed by atoms with Crippen LogP contribution >= 0.6 is 11.6 Å². The smallest absolute Gasteiger partial charge is 0.312 e. The molecule has 0 saturated carbocycles. The first-order chi connectivity index (χ1) is 13.7. The lowest BCUT2D eigenvalue weighted by molar-refractivity contribution is -0.385. The van der Waals surface area contributed by atoms with Gasteiger partial charge >= 0.3 is 5.69 Å². The molecule has 0 saturated heterocycles. The Bertz CT molecular complexity index is 1180. The zero-order chi connectivity index (χ0) is 21.2. The van der Waals surface area contributed by atoms with Gasteiger partial charge in [-0.15, -0.1) is 0 Å². The van der Waals surface area contributed by atoms with Crippen LogP contribution in [0.1, 0.15) is 25.6 Å². The van der Waals surface area contributed by atoms with E-state index in [0.29, 0.717) is 17.9 Å². The predicted octanol–water partition coefficient (Wildman–Crippen LogP) is 3.62. The highest BCUT2D eigenvalue weighted by atomic mass is 35.5. The normalized spacial score (nSPS) is 11.7. The molecule has 9 nitrogen and oxygen atoms in total. The van der Waals surface area contributed by atoms with E-state index in [9.17, 15) is 18.5 Å². The predicted molar refractivity (Wildman–Crippen MR) is 108 cm³/mol. The molecule has 0 atom stereocenters. The number of aromatic nitrogens is 2. The molecule has 0 spiro atoms. The van der Waals surface area contributed by atoms with Crippen molar-refractivity contribution in [3.05, 3.63) is 57.4 Å². The molecule has 0 radical (unpaired) electrons. The molecule has 0 amide bonds. The average molecular weight is 439 g/mol. The number of rotatable bonds is 8. The molecule has 0 fully saturated rings. The van der Waals surface area contributed by atoms with Crippen molar-refractivity contribution in [2.45, 2.75) is 37.8 Å². The monoisotopic (exact) mass is 438 g/mol. The molecule has 0 unspecified atom stereocenters. The highest BCUT2D eigenvalue weighted by molar-refractivity contribution is 7.89. The molecule has 11 heteroatoms.